The second kappa shape index (κ2) is 5.48. The molecule has 3 nitrogen and oxygen atoms in total. The Bertz CT molecular complexity index is 271. The zero-order valence-electron chi connectivity index (χ0n) is 12.9. The fraction of sp³-hybridized carbons (Fsp3) is 1.00. The second-order valence-corrected chi connectivity index (χ2v) is 7.31. The molecule has 2 rings (SSSR count). The summed E-state index contributed by atoms with van der Waals surface area (Å²) in [7, 11) is 2.32. The van der Waals surface area contributed by atoms with Crippen LogP contribution in [0.4, 0.5) is 0 Å². The van der Waals surface area contributed by atoms with Gasteiger partial charge in [-0.25, -0.2) is 0 Å². The summed E-state index contributed by atoms with van der Waals surface area (Å²) in [6.07, 6.45) is 4.17. The quantitative estimate of drug-likeness (QED) is 0.829. The van der Waals surface area contributed by atoms with E-state index in [-0.39, 0.29) is 5.54 Å². The molecule has 2 bridgehead atoms. The standard InChI is InChI=1S/C15H31N3/c1-12(10-16-15(2,3)4)18-9-8-13-6-7-14(11-18)17(13)5/h12-14,16H,6-11H2,1-5H3. The first-order valence-electron chi connectivity index (χ1n) is 7.58. The molecule has 0 radical (unpaired) electrons. The zero-order chi connectivity index (χ0) is 13.3. The van der Waals surface area contributed by atoms with Gasteiger partial charge in [0.15, 0.2) is 0 Å². The highest BCUT2D eigenvalue weighted by molar-refractivity contribution is 4.92. The second-order valence-electron chi connectivity index (χ2n) is 7.31. The number of nitrogens with one attached hydrogen (secondary N) is 1. The van der Waals surface area contributed by atoms with Crippen LogP contribution in [0.15, 0.2) is 0 Å². The maximum absolute atomic E-state index is 3.64. The van der Waals surface area contributed by atoms with E-state index in [4.69, 9.17) is 0 Å². The van der Waals surface area contributed by atoms with Gasteiger partial charge in [-0.05, 0) is 54.0 Å². The van der Waals surface area contributed by atoms with E-state index in [2.05, 4.69) is 49.9 Å². The zero-order valence-corrected chi connectivity index (χ0v) is 12.9. The summed E-state index contributed by atoms with van der Waals surface area (Å²) in [6.45, 7) is 12.8. The number of hydrogen-bond donors (Lipinski definition) is 1. The molecule has 0 aromatic carbocycles. The molecule has 2 aliphatic rings. The predicted molar refractivity (Wildman–Crippen MR) is 78.0 cm³/mol. The lowest BCUT2D eigenvalue weighted by Gasteiger charge is -2.33. The van der Waals surface area contributed by atoms with Crippen LogP contribution in [0, 0.1) is 0 Å². The maximum atomic E-state index is 3.64. The molecule has 3 atom stereocenters. The predicted octanol–water partition coefficient (Wildman–Crippen LogP) is 1.93. The molecule has 0 spiro atoms. The van der Waals surface area contributed by atoms with Crippen molar-refractivity contribution < 1.29 is 0 Å². The van der Waals surface area contributed by atoms with Gasteiger partial charge < -0.3 is 5.32 Å². The van der Waals surface area contributed by atoms with Crippen LogP contribution < -0.4 is 5.32 Å². The van der Waals surface area contributed by atoms with E-state index in [1.54, 1.807) is 0 Å². The summed E-state index contributed by atoms with van der Waals surface area (Å²) < 4.78 is 0. The van der Waals surface area contributed by atoms with Crippen LogP contribution in [0.5, 0.6) is 0 Å². The molecule has 3 heteroatoms. The smallest absolute Gasteiger partial charge is 0.0223 e. The van der Waals surface area contributed by atoms with Crippen molar-refractivity contribution in [3.05, 3.63) is 0 Å². The number of likely N-dealkylation sites (N-methyl/N-ethyl adjacent to an activating group) is 1. The van der Waals surface area contributed by atoms with Crippen molar-refractivity contribution in [1.29, 1.82) is 0 Å². The molecule has 18 heavy (non-hydrogen) atoms. The van der Waals surface area contributed by atoms with Gasteiger partial charge in [0.2, 0.25) is 0 Å². The van der Waals surface area contributed by atoms with E-state index >= 15 is 0 Å². The van der Waals surface area contributed by atoms with Gasteiger partial charge >= 0.3 is 0 Å². The van der Waals surface area contributed by atoms with Gasteiger partial charge in [-0.1, -0.05) is 0 Å². The number of fused-ring (bicyclic) bond motifs is 2. The Morgan fingerprint density at radius 3 is 2.50 bits per heavy atom. The van der Waals surface area contributed by atoms with Gasteiger partial charge in [0, 0.05) is 43.3 Å². The van der Waals surface area contributed by atoms with E-state index in [1.165, 1.54) is 32.4 Å². The Kier molecular flexibility index (Phi) is 4.35. The van der Waals surface area contributed by atoms with Crippen LogP contribution in [0.25, 0.3) is 0 Å². The number of rotatable bonds is 3. The van der Waals surface area contributed by atoms with Crippen molar-refractivity contribution in [2.45, 2.75) is 70.6 Å². The van der Waals surface area contributed by atoms with Crippen LogP contribution in [0.2, 0.25) is 0 Å². The maximum Gasteiger partial charge on any atom is 0.0223 e. The van der Waals surface area contributed by atoms with Crippen molar-refractivity contribution in [1.82, 2.24) is 15.1 Å². The van der Waals surface area contributed by atoms with E-state index in [0.29, 0.717) is 6.04 Å². The largest absolute Gasteiger partial charge is 0.311 e. The highest BCUT2D eigenvalue weighted by atomic mass is 15.3. The Hall–Kier alpha value is -0.120. The van der Waals surface area contributed by atoms with Crippen molar-refractivity contribution in [3.8, 4) is 0 Å². The topological polar surface area (TPSA) is 18.5 Å². The molecule has 0 amide bonds. The summed E-state index contributed by atoms with van der Waals surface area (Å²) in [5.74, 6) is 0. The lowest BCUT2D eigenvalue weighted by molar-refractivity contribution is 0.171. The molecule has 0 aromatic heterocycles. The molecule has 0 saturated carbocycles. The molecule has 1 N–H and O–H groups in total. The van der Waals surface area contributed by atoms with Gasteiger partial charge in [0.25, 0.3) is 0 Å². The number of nitrogens with zero attached hydrogens (tertiary/aromatic N) is 2. The first-order valence-corrected chi connectivity index (χ1v) is 7.58. The third kappa shape index (κ3) is 3.46. The normalized spacial score (nSPS) is 32.5. The number of likely N-dealkylation sites (tertiary alicyclic amines) is 1. The Balaban J connectivity index is 1.86. The molecule has 3 unspecified atom stereocenters. The summed E-state index contributed by atoms with van der Waals surface area (Å²) in [5, 5.41) is 3.64. The molecule has 2 heterocycles. The molecular formula is C15H31N3. The van der Waals surface area contributed by atoms with Gasteiger partial charge in [0.05, 0.1) is 0 Å². The van der Waals surface area contributed by atoms with Gasteiger partial charge in [0.1, 0.15) is 0 Å². The molecule has 0 aromatic rings. The van der Waals surface area contributed by atoms with Crippen LogP contribution >= 0.6 is 0 Å². The molecule has 2 saturated heterocycles. The Labute approximate surface area is 113 Å². The van der Waals surface area contributed by atoms with Crippen LogP contribution in [-0.4, -0.2) is 60.1 Å². The highest BCUT2D eigenvalue weighted by Gasteiger charge is 2.35. The first kappa shape index (κ1) is 14.3. The lowest BCUT2D eigenvalue weighted by atomic mass is 10.1. The van der Waals surface area contributed by atoms with Crippen molar-refractivity contribution >= 4 is 0 Å². The molecule has 2 fully saturated rings. The summed E-state index contributed by atoms with van der Waals surface area (Å²) in [5.41, 5.74) is 0.232. The summed E-state index contributed by atoms with van der Waals surface area (Å²) in [6, 6.07) is 2.30. The van der Waals surface area contributed by atoms with Crippen molar-refractivity contribution in [3.63, 3.8) is 0 Å². The van der Waals surface area contributed by atoms with E-state index in [1.807, 2.05) is 0 Å². The Morgan fingerprint density at radius 1 is 1.17 bits per heavy atom. The van der Waals surface area contributed by atoms with E-state index < -0.39 is 0 Å². The monoisotopic (exact) mass is 253 g/mol. The molecule has 0 aliphatic carbocycles. The fourth-order valence-electron chi connectivity index (χ4n) is 3.32. The summed E-state index contributed by atoms with van der Waals surface area (Å²) in [4.78, 5) is 5.32. The van der Waals surface area contributed by atoms with E-state index in [0.717, 1.165) is 18.6 Å². The third-order valence-electron chi connectivity index (χ3n) is 4.73. The molecule has 2 aliphatic heterocycles. The van der Waals surface area contributed by atoms with Crippen LogP contribution in [0.3, 0.4) is 0 Å². The minimum absolute atomic E-state index is 0.232. The van der Waals surface area contributed by atoms with Crippen LogP contribution in [0.1, 0.15) is 47.0 Å². The van der Waals surface area contributed by atoms with E-state index in [9.17, 15) is 0 Å². The minimum atomic E-state index is 0.232. The van der Waals surface area contributed by atoms with Crippen molar-refractivity contribution in [2.24, 2.45) is 0 Å². The lowest BCUT2D eigenvalue weighted by Crippen LogP contribution is -2.48. The highest BCUT2D eigenvalue weighted by Crippen LogP contribution is 2.29. The van der Waals surface area contributed by atoms with Crippen LogP contribution in [-0.2, 0) is 0 Å². The summed E-state index contributed by atoms with van der Waals surface area (Å²) >= 11 is 0. The van der Waals surface area contributed by atoms with Gasteiger partial charge in [-0.2, -0.15) is 0 Å². The average molecular weight is 253 g/mol. The Morgan fingerprint density at radius 2 is 1.83 bits per heavy atom. The first-order chi connectivity index (χ1) is 8.37. The van der Waals surface area contributed by atoms with Gasteiger partial charge in [-0.15, -0.1) is 0 Å². The number of hydrogen-bond acceptors (Lipinski definition) is 3. The average Bonchev–Trinajstić information content (AvgIpc) is 2.49. The minimum Gasteiger partial charge on any atom is -0.311 e. The fourth-order valence-corrected chi connectivity index (χ4v) is 3.32. The molecule has 106 valence electrons. The molecular weight excluding hydrogens is 222 g/mol. The third-order valence-corrected chi connectivity index (χ3v) is 4.73. The van der Waals surface area contributed by atoms with Gasteiger partial charge in [-0.3, -0.25) is 9.80 Å². The SMILES string of the molecule is CC(CNC(C)(C)C)N1CCC2CCC(C1)N2C. The van der Waals surface area contributed by atoms with Crippen molar-refractivity contribution in [2.75, 3.05) is 26.7 Å².